The molecule has 1 heterocycles. The fourth-order valence-electron chi connectivity index (χ4n) is 1.63. The van der Waals surface area contributed by atoms with Gasteiger partial charge >= 0.3 is 0 Å². The highest BCUT2D eigenvalue weighted by atomic mass is 16.1. The highest BCUT2D eigenvalue weighted by Gasteiger charge is 2.17. The number of hydrogen-bond acceptors (Lipinski definition) is 5. The van der Waals surface area contributed by atoms with Crippen LogP contribution >= 0.6 is 0 Å². The molecule has 1 rings (SSSR count). The van der Waals surface area contributed by atoms with Crippen molar-refractivity contribution in [2.24, 2.45) is 0 Å². The number of likely N-dealkylation sites (N-methyl/N-ethyl adjacent to an activating group) is 2. The second-order valence-electron chi connectivity index (χ2n) is 4.18. The maximum Gasteiger partial charge on any atom is 0.239 e. The molecule has 1 aromatic rings. The Labute approximate surface area is 101 Å². The molecule has 17 heavy (non-hydrogen) atoms. The molecule has 0 spiro atoms. The van der Waals surface area contributed by atoms with Gasteiger partial charge in [-0.3, -0.25) is 4.79 Å². The number of carbonyl (C=O) groups is 1. The number of carbonyl (C=O) groups excluding carboxylic acids is 1. The molecular formula is C11H19N5O. The van der Waals surface area contributed by atoms with Gasteiger partial charge < -0.3 is 16.0 Å². The molecule has 94 valence electrons. The maximum absolute atomic E-state index is 11.3. The SMILES string of the molecule is CNC(=O)CN(C)c1ncnc(N)c1C(C)C. The van der Waals surface area contributed by atoms with Crippen molar-refractivity contribution in [3.05, 3.63) is 11.9 Å². The molecule has 0 atom stereocenters. The molecule has 0 radical (unpaired) electrons. The Balaban J connectivity index is 3.04. The van der Waals surface area contributed by atoms with E-state index in [4.69, 9.17) is 5.73 Å². The molecule has 0 saturated heterocycles. The quantitative estimate of drug-likeness (QED) is 0.790. The summed E-state index contributed by atoms with van der Waals surface area (Å²) in [5.74, 6) is 1.31. The number of nitrogens with zero attached hydrogens (tertiary/aromatic N) is 3. The van der Waals surface area contributed by atoms with E-state index in [9.17, 15) is 4.79 Å². The molecule has 0 fully saturated rings. The Morgan fingerprint density at radius 3 is 2.71 bits per heavy atom. The van der Waals surface area contributed by atoms with Crippen molar-refractivity contribution < 1.29 is 4.79 Å². The fourth-order valence-corrected chi connectivity index (χ4v) is 1.63. The van der Waals surface area contributed by atoms with Crippen LogP contribution in [-0.4, -0.2) is 36.5 Å². The summed E-state index contributed by atoms with van der Waals surface area (Å²) in [4.78, 5) is 21.3. The van der Waals surface area contributed by atoms with Gasteiger partial charge in [-0.05, 0) is 5.92 Å². The number of nitrogens with one attached hydrogen (secondary N) is 1. The number of amides is 1. The monoisotopic (exact) mass is 237 g/mol. The van der Waals surface area contributed by atoms with Crippen LogP contribution in [0.3, 0.4) is 0 Å². The summed E-state index contributed by atoms with van der Waals surface area (Å²) < 4.78 is 0. The van der Waals surface area contributed by atoms with Crippen molar-refractivity contribution in [1.29, 1.82) is 0 Å². The van der Waals surface area contributed by atoms with Crippen LogP contribution in [0.4, 0.5) is 11.6 Å². The van der Waals surface area contributed by atoms with E-state index in [1.165, 1.54) is 6.33 Å². The first-order valence-corrected chi connectivity index (χ1v) is 5.49. The summed E-state index contributed by atoms with van der Waals surface area (Å²) >= 11 is 0. The normalized spacial score (nSPS) is 10.4. The zero-order chi connectivity index (χ0) is 13.0. The molecule has 0 unspecified atom stereocenters. The average Bonchev–Trinajstić information content (AvgIpc) is 2.27. The number of nitrogens with two attached hydrogens (primary N) is 1. The minimum atomic E-state index is -0.0700. The van der Waals surface area contributed by atoms with Crippen molar-refractivity contribution in [1.82, 2.24) is 15.3 Å². The molecule has 0 aliphatic carbocycles. The average molecular weight is 237 g/mol. The molecule has 0 bridgehead atoms. The Kier molecular flexibility index (Phi) is 4.25. The first kappa shape index (κ1) is 13.2. The zero-order valence-corrected chi connectivity index (χ0v) is 10.7. The van der Waals surface area contributed by atoms with Gasteiger partial charge in [0.2, 0.25) is 5.91 Å². The van der Waals surface area contributed by atoms with Gasteiger partial charge in [-0.15, -0.1) is 0 Å². The molecule has 0 aromatic carbocycles. The lowest BCUT2D eigenvalue weighted by Gasteiger charge is -2.22. The fraction of sp³-hybridized carbons (Fsp3) is 0.545. The zero-order valence-electron chi connectivity index (χ0n) is 10.7. The molecular weight excluding hydrogens is 218 g/mol. The third-order valence-corrected chi connectivity index (χ3v) is 2.49. The summed E-state index contributed by atoms with van der Waals surface area (Å²) in [7, 11) is 3.41. The molecule has 6 nitrogen and oxygen atoms in total. The van der Waals surface area contributed by atoms with Gasteiger partial charge in [-0.2, -0.15) is 0 Å². The van der Waals surface area contributed by atoms with E-state index in [0.717, 1.165) is 5.56 Å². The van der Waals surface area contributed by atoms with Crippen LogP contribution < -0.4 is 16.0 Å². The van der Waals surface area contributed by atoms with Crippen molar-refractivity contribution in [2.75, 3.05) is 31.3 Å². The standard InChI is InChI=1S/C11H19N5O/c1-7(2)9-10(12)14-6-15-11(9)16(4)5-8(17)13-3/h6-7H,5H2,1-4H3,(H,13,17)(H2,12,14,15). The van der Waals surface area contributed by atoms with Crippen LogP contribution in [0.25, 0.3) is 0 Å². The van der Waals surface area contributed by atoms with Crippen molar-refractivity contribution in [3.8, 4) is 0 Å². The van der Waals surface area contributed by atoms with E-state index >= 15 is 0 Å². The third kappa shape index (κ3) is 3.05. The number of anilines is 2. The molecule has 0 aliphatic heterocycles. The summed E-state index contributed by atoms with van der Waals surface area (Å²) in [6, 6.07) is 0. The van der Waals surface area contributed by atoms with Crippen molar-refractivity contribution in [2.45, 2.75) is 19.8 Å². The van der Waals surface area contributed by atoms with Crippen LogP contribution in [-0.2, 0) is 4.79 Å². The minimum absolute atomic E-state index is 0.0700. The molecule has 0 saturated carbocycles. The van der Waals surface area contributed by atoms with Crippen LogP contribution in [0, 0.1) is 0 Å². The predicted octanol–water partition coefficient (Wildman–Crippen LogP) is 0.364. The number of hydrogen-bond donors (Lipinski definition) is 2. The largest absolute Gasteiger partial charge is 0.383 e. The number of nitrogen functional groups attached to an aromatic ring is 1. The Morgan fingerprint density at radius 1 is 1.53 bits per heavy atom. The molecule has 1 amide bonds. The molecule has 3 N–H and O–H groups in total. The summed E-state index contributed by atoms with van der Waals surface area (Å²) in [6.45, 7) is 4.28. The second kappa shape index (κ2) is 5.47. The van der Waals surface area contributed by atoms with Crippen LogP contribution in [0.1, 0.15) is 25.3 Å². The van der Waals surface area contributed by atoms with Gasteiger partial charge in [0.25, 0.3) is 0 Å². The van der Waals surface area contributed by atoms with E-state index in [0.29, 0.717) is 11.6 Å². The van der Waals surface area contributed by atoms with E-state index in [2.05, 4.69) is 15.3 Å². The van der Waals surface area contributed by atoms with Gasteiger partial charge in [0.1, 0.15) is 18.0 Å². The van der Waals surface area contributed by atoms with Crippen molar-refractivity contribution in [3.63, 3.8) is 0 Å². The second-order valence-corrected chi connectivity index (χ2v) is 4.18. The first-order valence-electron chi connectivity index (χ1n) is 5.49. The van der Waals surface area contributed by atoms with Gasteiger partial charge in [-0.25, -0.2) is 9.97 Å². The molecule has 1 aromatic heterocycles. The summed E-state index contributed by atoms with van der Waals surface area (Å²) in [6.07, 6.45) is 1.41. The number of aromatic nitrogens is 2. The first-order chi connectivity index (χ1) is 7.97. The Morgan fingerprint density at radius 2 is 2.18 bits per heavy atom. The predicted molar refractivity (Wildman–Crippen MR) is 67.9 cm³/mol. The van der Waals surface area contributed by atoms with Crippen molar-refractivity contribution >= 4 is 17.5 Å². The smallest absolute Gasteiger partial charge is 0.239 e. The minimum Gasteiger partial charge on any atom is -0.383 e. The van der Waals surface area contributed by atoms with Crippen LogP contribution in [0.5, 0.6) is 0 Å². The van der Waals surface area contributed by atoms with E-state index in [1.54, 1.807) is 11.9 Å². The number of rotatable bonds is 4. The van der Waals surface area contributed by atoms with Crippen LogP contribution in [0.15, 0.2) is 6.33 Å². The van der Waals surface area contributed by atoms with Gasteiger partial charge in [-0.1, -0.05) is 13.8 Å². The molecule has 6 heteroatoms. The van der Waals surface area contributed by atoms with E-state index in [-0.39, 0.29) is 18.4 Å². The lowest BCUT2D eigenvalue weighted by Crippen LogP contribution is -2.34. The Hall–Kier alpha value is -1.85. The Bertz CT molecular complexity index is 405. The van der Waals surface area contributed by atoms with E-state index < -0.39 is 0 Å². The lowest BCUT2D eigenvalue weighted by molar-refractivity contribution is -0.119. The highest BCUT2D eigenvalue weighted by molar-refractivity contribution is 5.81. The maximum atomic E-state index is 11.3. The lowest BCUT2D eigenvalue weighted by atomic mass is 10.0. The summed E-state index contributed by atoms with van der Waals surface area (Å²) in [5, 5.41) is 2.57. The van der Waals surface area contributed by atoms with Crippen LogP contribution in [0.2, 0.25) is 0 Å². The van der Waals surface area contributed by atoms with Gasteiger partial charge in [0, 0.05) is 19.7 Å². The van der Waals surface area contributed by atoms with E-state index in [1.807, 2.05) is 20.9 Å². The topological polar surface area (TPSA) is 84.1 Å². The van der Waals surface area contributed by atoms with Gasteiger partial charge in [0.15, 0.2) is 0 Å². The third-order valence-electron chi connectivity index (χ3n) is 2.49. The highest BCUT2D eigenvalue weighted by Crippen LogP contribution is 2.28. The summed E-state index contributed by atoms with van der Waals surface area (Å²) in [5.41, 5.74) is 6.72. The van der Waals surface area contributed by atoms with Gasteiger partial charge in [0.05, 0.1) is 6.54 Å². The molecule has 0 aliphatic rings.